The lowest BCUT2D eigenvalue weighted by atomic mass is 10.1. The van der Waals surface area contributed by atoms with Gasteiger partial charge in [0.2, 0.25) is 0 Å². The third-order valence-corrected chi connectivity index (χ3v) is 2.74. The molecule has 0 aromatic heterocycles. The molecule has 2 heteroatoms. The Kier molecular flexibility index (Phi) is 2.46. The Balaban J connectivity index is 2.80. The fourth-order valence-corrected chi connectivity index (χ4v) is 2.09. The average molecular weight is 250 g/mol. The summed E-state index contributed by atoms with van der Waals surface area (Å²) in [7, 11) is 4.13. The minimum Gasteiger partial charge on any atom is -0.377 e. The largest absolute Gasteiger partial charge is 0.377 e. The maximum absolute atomic E-state index is 3.52. The van der Waals surface area contributed by atoms with E-state index in [-0.39, 0.29) is 0 Å². The molecule has 2 aromatic carbocycles. The van der Waals surface area contributed by atoms with Crippen molar-refractivity contribution in [2.24, 2.45) is 0 Å². The lowest BCUT2D eigenvalue weighted by Gasteiger charge is -2.15. The number of rotatable bonds is 1. The summed E-state index contributed by atoms with van der Waals surface area (Å²) in [4.78, 5) is 2.13. The van der Waals surface area contributed by atoms with Gasteiger partial charge in [-0.1, -0.05) is 40.2 Å². The lowest BCUT2D eigenvalue weighted by Crippen LogP contribution is -2.08. The smallest absolute Gasteiger partial charge is 0.0452 e. The summed E-state index contributed by atoms with van der Waals surface area (Å²) < 4.78 is 1.12. The summed E-state index contributed by atoms with van der Waals surface area (Å²) in [6.45, 7) is 0. The highest BCUT2D eigenvalue weighted by atomic mass is 79.9. The van der Waals surface area contributed by atoms with E-state index in [1.54, 1.807) is 0 Å². The van der Waals surface area contributed by atoms with Crippen molar-refractivity contribution in [1.82, 2.24) is 0 Å². The van der Waals surface area contributed by atoms with E-state index >= 15 is 0 Å². The van der Waals surface area contributed by atoms with Crippen molar-refractivity contribution in [3.63, 3.8) is 0 Å². The van der Waals surface area contributed by atoms with Gasteiger partial charge in [-0.3, -0.25) is 0 Å². The second-order valence-electron chi connectivity index (χ2n) is 3.54. The molecule has 0 aliphatic carbocycles. The predicted octanol–water partition coefficient (Wildman–Crippen LogP) is 3.67. The van der Waals surface area contributed by atoms with E-state index in [4.69, 9.17) is 0 Å². The first-order valence-electron chi connectivity index (χ1n) is 4.54. The van der Waals surface area contributed by atoms with Crippen LogP contribution < -0.4 is 4.90 Å². The maximum atomic E-state index is 3.52. The summed E-state index contributed by atoms with van der Waals surface area (Å²) in [5.41, 5.74) is 1.25. The fraction of sp³-hybridized carbons (Fsp3) is 0.167. The summed E-state index contributed by atoms with van der Waals surface area (Å²) >= 11 is 3.52. The van der Waals surface area contributed by atoms with Crippen LogP contribution in [-0.2, 0) is 0 Å². The minimum atomic E-state index is 1.12. The Labute approximate surface area is 92.5 Å². The molecule has 1 nitrogen and oxygen atoms in total. The number of halogens is 1. The van der Waals surface area contributed by atoms with Crippen LogP contribution in [0, 0.1) is 0 Å². The third kappa shape index (κ3) is 1.62. The summed E-state index contributed by atoms with van der Waals surface area (Å²) in [5.74, 6) is 0. The maximum Gasteiger partial charge on any atom is 0.0452 e. The third-order valence-electron chi connectivity index (χ3n) is 2.29. The van der Waals surface area contributed by atoms with Crippen LogP contribution in [0.2, 0.25) is 0 Å². The van der Waals surface area contributed by atoms with Crippen molar-refractivity contribution in [2.45, 2.75) is 0 Å². The molecule has 0 spiro atoms. The molecule has 0 heterocycles. The molecule has 2 aromatic rings. The van der Waals surface area contributed by atoms with Gasteiger partial charge in [0.15, 0.2) is 0 Å². The van der Waals surface area contributed by atoms with Crippen molar-refractivity contribution < 1.29 is 0 Å². The van der Waals surface area contributed by atoms with Gasteiger partial charge < -0.3 is 4.90 Å². The van der Waals surface area contributed by atoms with Gasteiger partial charge in [-0.25, -0.2) is 0 Å². The van der Waals surface area contributed by atoms with Gasteiger partial charge in [-0.05, 0) is 17.5 Å². The Morgan fingerprint density at radius 3 is 2.50 bits per heavy atom. The summed E-state index contributed by atoms with van der Waals surface area (Å²) in [6.07, 6.45) is 0. The van der Waals surface area contributed by atoms with E-state index < -0.39 is 0 Å². The molecule has 0 amide bonds. The van der Waals surface area contributed by atoms with Crippen molar-refractivity contribution in [3.05, 3.63) is 40.9 Å². The number of nitrogens with zero attached hydrogens (tertiary/aromatic N) is 1. The average Bonchev–Trinajstić information content (AvgIpc) is 2.16. The predicted molar refractivity (Wildman–Crippen MR) is 66.0 cm³/mol. The molecule has 0 unspecified atom stereocenters. The van der Waals surface area contributed by atoms with Gasteiger partial charge in [0.1, 0.15) is 0 Å². The first kappa shape index (κ1) is 9.53. The monoisotopic (exact) mass is 249 g/mol. The van der Waals surface area contributed by atoms with E-state index in [0.717, 1.165) is 4.47 Å². The van der Waals surface area contributed by atoms with Gasteiger partial charge >= 0.3 is 0 Å². The van der Waals surface area contributed by atoms with Gasteiger partial charge in [0, 0.05) is 29.6 Å². The lowest BCUT2D eigenvalue weighted by molar-refractivity contribution is 1.14. The highest BCUT2D eigenvalue weighted by Crippen LogP contribution is 2.29. The number of hydrogen-bond acceptors (Lipinski definition) is 1. The van der Waals surface area contributed by atoms with Crippen LogP contribution in [0.5, 0.6) is 0 Å². The van der Waals surface area contributed by atoms with Crippen molar-refractivity contribution >= 4 is 32.4 Å². The van der Waals surface area contributed by atoms with E-state index in [1.807, 2.05) is 0 Å². The van der Waals surface area contributed by atoms with Crippen LogP contribution in [0.4, 0.5) is 5.69 Å². The summed E-state index contributed by atoms with van der Waals surface area (Å²) in [5, 5.41) is 2.56. The second-order valence-corrected chi connectivity index (χ2v) is 4.46. The molecular weight excluding hydrogens is 238 g/mol. The SMILES string of the molecule is CN(C)c1cc(Br)cc2ccccc12. The minimum absolute atomic E-state index is 1.12. The van der Waals surface area contributed by atoms with Crippen molar-refractivity contribution in [3.8, 4) is 0 Å². The van der Waals surface area contributed by atoms with E-state index in [0.29, 0.717) is 0 Å². The van der Waals surface area contributed by atoms with Crippen LogP contribution in [-0.4, -0.2) is 14.1 Å². The van der Waals surface area contributed by atoms with Crippen molar-refractivity contribution in [1.29, 1.82) is 0 Å². The zero-order chi connectivity index (χ0) is 10.1. The van der Waals surface area contributed by atoms with Gasteiger partial charge in [-0.15, -0.1) is 0 Å². The van der Waals surface area contributed by atoms with Crippen LogP contribution in [0.25, 0.3) is 10.8 Å². The quantitative estimate of drug-likeness (QED) is 0.746. The molecular formula is C12H12BrN. The number of fused-ring (bicyclic) bond motifs is 1. The van der Waals surface area contributed by atoms with Crippen LogP contribution in [0.15, 0.2) is 40.9 Å². The molecule has 0 fully saturated rings. The molecule has 0 aliphatic heterocycles. The zero-order valence-electron chi connectivity index (χ0n) is 8.29. The molecule has 0 saturated heterocycles. The van der Waals surface area contributed by atoms with Crippen molar-refractivity contribution in [2.75, 3.05) is 19.0 Å². The molecule has 2 rings (SSSR count). The Morgan fingerprint density at radius 2 is 1.79 bits per heavy atom. The topological polar surface area (TPSA) is 3.24 Å². The Bertz CT molecular complexity index is 463. The molecule has 0 bridgehead atoms. The standard InChI is InChI=1S/C12H12BrN/c1-14(2)12-8-10(13)7-9-5-3-4-6-11(9)12/h3-8H,1-2H3. The van der Waals surface area contributed by atoms with Crippen LogP contribution in [0.3, 0.4) is 0 Å². The normalized spacial score (nSPS) is 10.5. The molecule has 0 aliphatic rings. The fourth-order valence-electron chi connectivity index (χ4n) is 1.62. The zero-order valence-corrected chi connectivity index (χ0v) is 9.88. The Morgan fingerprint density at radius 1 is 1.07 bits per heavy atom. The Hall–Kier alpha value is -1.02. The second kappa shape index (κ2) is 3.62. The molecule has 72 valence electrons. The van der Waals surface area contributed by atoms with Crippen LogP contribution >= 0.6 is 15.9 Å². The van der Waals surface area contributed by atoms with E-state index in [9.17, 15) is 0 Å². The van der Waals surface area contributed by atoms with E-state index in [2.05, 4.69) is 71.3 Å². The highest BCUT2D eigenvalue weighted by Gasteiger charge is 2.03. The first-order chi connectivity index (χ1) is 6.68. The first-order valence-corrected chi connectivity index (χ1v) is 5.33. The number of hydrogen-bond donors (Lipinski definition) is 0. The number of anilines is 1. The molecule has 14 heavy (non-hydrogen) atoms. The molecule has 0 radical (unpaired) electrons. The highest BCUT2D eigenvalue weighted by molar-refractivity contribution is 9.10. The molecule has 0 atom stereocenters. The number of benzene rings is 2. The van der Waals surface area contributed by atoms with Gasteiger partial charge in [0.25, 0.3) is 0 Å². The van der Waals surface area contributed by atoms with E-state index in [1.165, 1.54) is 16.5 Å². The summed E-state index contributed by atoms with van der Waals surface area (Å²) in [6, 6.07) is 12.7. The van der Waals surface area contributed by atoms with Gasteiger partial charge in [-0.2, -0.15) is 0 Å². The van der Waals surface area contributed by atoms with Crippen LogP contribution in [0.1, 0.15) is 0 Å². The molecule has 0 N–H and O–H groups in total. The molecule has 0 saturated carbocycles. The van der Waals surface area contributed by atoms with Gasteiger partial charge in [0.05, 0.1) is 0 Å².